The number of guanidine groups is 3. The Balaban J connectivity index is 0.000000411. The fourth-order valence-corrected chi connectivity index (χ4v) is 15.1. The summed E-state index contributed by atoms with van der Waals surface area (Å²) in [6.45, 7) is 23.1. The van der Waals surface area contributed by atoms with Gasteiger partial charge in [0.15, 0.2) is 35.2 Å². The highest BCUT2D eigenvalue weighted by atomic mass is 16.2. The Hall–Kier alpha value is -11.9. The number of nitrogens with two attached hydrogens (primary N) is 5. The summed E-state index contributed by atoms with van der Waals surface area (Å²) < 4.78 is 0. The van der Waals surface area contributed by atoms with Crippen LogP contribution in [0.15, 0.2) is 106 Å². The van der Waals surface area contributed by atoms with Crippen LogP contribution in [-0.2, 0) is 71.9 Å². The number of hydrogen-bond acceptors (Lipinski definition) is 18. The number of amides is 12. The van der Waals surface area contributed by atoms with Crippen molar-refractivity contribution in [3.8, 4) is 0 Å². The summed E-state index contributed by atoms with van der Waals surface area (Å²) in [5, 5.41) is 37.3. The maximum Gasteiger partial charge on any atom is 0.247 e. The molecule has 726 valence electrons. The number of nitrogens with one attached hydrogen (secondary N) is 13. The van der Waals surface area contributed by atoms with E-state index in [2.05, 4.69) is 84.1 Å². The second kappa shape index (κ2) is 58.0. The molecule has 23 N–H and O–H groups in total. The number of rotatable bonds is 24. The van der Waals surface area contributed by atoms with E-state index in [1.165, 1.54) is 0 Å². The van der Waals surface area contributed by atoms with Crippen molar-refractivity contribution < 1.29 is 71.9 Å². The van der Waals surface area contributed by atoms with E-state index in [1.807, 2.05) is 18.2 Å². The van der Waals surface area contributed by atoms with Crippen LogP contribution in [0.4, 0.5) is 0 Å². The Labute approximate surface area is 773 Å². The average molecular weight is 1830 g/mol. The molecule has 36 nitrogen and oxygen atoms in total. The van der Waals surface area contributed by atoms with Crippen LogP contribution in [-0.4, -0.2) is 187 Å². The standard InChI is InChI=1S/2C32H51N7O5.C31H49N7O5/c2*1-5-24-29(43)38-26(22-14-9-8-10-15-22)30(44)35-18-12-7-6-11-17-32(4,39-27(41)21(2)3)25(40)20-23(28(42)37-24)16-13-19-36-31(33)34;1-6-23-28(42)37-25(21-13-8-7-9-14-21)29(43)34-17-11-10-16-31(4,38-26(40)20(2)3)24(39)19-22(27(41)36-23)15-12-18-35-30(32)33-5/h2*8-10,14-15,21,23-24,26H,5-7,11-13,16-20H2,1-4H3,(H,35,44)(H,37,42)(H,38,43)(H,39,41)(H4,33,34,36);7-9,13-14,20,22-23,25H,6,10-12,15-19H2,1-5H3,(H,34,43)(H,36,41)(H,37,42)(H,38,40)(H3,32,33,35)/t23-,24+,26-,32-;23-,24-,26+,32+;22-,23+,25-,31-/m001/s1. The lowest BCUT2D eigenvalue weighted by Gasteiger charge is -2.32. The lowest BCUT2D eigenvalue weighted by molar-refractivity contribution is -0.137. The number of benzene rings is 3. The number of ketones is 3. The normalized spacial score (nSPS) is 24.8. The second-order valence-corrected chi connectivity index (χ2v) is 35.6. The molecule has 3 aliphatic rings. The van der Waals surface area contributed by atoms with E-state index in [1.54, 1.807) is 163 Å². The summed E-state index contributed by atoms with van der Waals surface area (Å²) in [7, 11) is 1.56. The zero-order valence-electron chi connectivity index (χ0n) is 79.4. The Morgan fingerprint density at radius 2 is 0.641 bits per heavy atom. The first-order valence-electron chi connectivity index (χ1n) is 46.6. The van der Waals surface area contributed by atoms with E-state index < -0.39 is 106 Å². The average Bonchev–Trinajstić information content (AvgIpc) is 0.951. The molecule has 12 atom stereocenters. The first-order chi connectivity index (χ1) is 62.2. The minimum atomic E-state index is -1.20. The monoisotopic (exact) mass is 1830 g/mol. The zero-order chi connectivity index (χ0) is 97.4. The molecule has 36 heteroatoms. The highest BCUT2D eigenvalue weighted by Gasteiger charge is 2.43. The Bertz CT molecular complexity index is 4120. The van der Waals surface area contributed by atoms with E-state index in [0.717, 1.165) is 38.5 Å². The van der Waals surface area contributed by atoms with Crippen molar-refractivity contribution in [1.82, 2.24) is 69.1 Å². The van der Waals surface area contributed by atoms with Crippen molar-refractivity contribution in [3.05, 3.63) is 108 Å². The molecule has 3 aromatic rings. The predicted octanol–water partition coefficient (Wildman–Crippen LogP) is 5.42. The van der Waals surface area contributed by atoms with Gasteiger partial charge in [0.2, 0.25) is 70.9 Å². The maximum atomic E-state index is 13.8. The van der Waals surface area contributed by atoms with Gasteiger partial charge in [-0.15, -0.1) is 0 Å². The summed E-state index contributed by atoms with van der Waals surface area (Å²) in [5.74, 6) is -8.63. The number of aliphatic imine (C=N–C) groups is 3. The lowest BCUT2D eigenvalue weighted by atomic mass is 9.82. The fourth-order valence-electron chi connectivity index (χ4n) is 15.1. The van der Waals surface area contributed by atoms with E-state index in [9.17, 15) is 71.9 Å². The zero-order valence-corrected chi connectivity index (χ0v) is 79.4. The molecule has 3 aliphatic heterocycles. The van der Waals surface area contributed by atoms with Gasteiger partial charge < -0.3 is 97.8 Å². The van der Waals surface area contributed by atoms with E-state index >= 15 is 0 Å². The summed E-state index contributed by atoms with van der Waals surface area (Å²) in [5.41, 5.74) is 25.9. The molecule has 0 aromatic heterocycles. The third-order valence-corrected chi connectivity index (χ3v) is 23.7. The number of Topliss-reactive ketones (excluding diaryl/α,β-unsaturated/α-hetero) is 3. The molecule has 3 heterocycles. The highest BCUT2D eigenvalue weighted by molar-refractivity contribution is 6.01. The molecule has 131 heavy (non-hydrogen) atoms. The maximum absolute atomic E-state index is 13.8. The lowest BCUT2D eigenvalue weighted by Crippen LogP contribution is -2.55. The molecule has 0 radical (unpaired) electrons. The molecule has 0 unspecified atom stereocenters. The Morgan fingerprint density at radius 1 is 0.374 bits per heavy atom. The SMILES string of the molecule is CC[C@@H]1NC(=O)[C@@H](CCCN=C(N)N)CC(=O)[C@](C)(NC(=O)C(C)C)CCCCCCNC(=O)[C@@H](c2ccccc2)NC1=O.CC[C@@H]1NC(=O)[C@H](CCCNC(N)=NC)CC(=O)[C@](C)(NC(=O)C(C)C)CCCCNC(=O)[C@@H](c2ccccc2)NC1=O.CC[C@H]1NC(=O)[C@@H](CCCN=C(N)N)CC(=O)[C@@](C)(NC(=O)C(C)C)CCCCCCNC(=O)[C@H](c2ccccc2)NC1=O. The number of carbonyl (C=O) groups excluding carboxylic acids is 15. The van der Waals surface area contributed by atoms with Gasteiger partial charge in [-0.05, 0) is 140 Å². The summed E-state index contributed by atoms with van der Waals surface area (Å²) >= 11 is 0. The largest absolute Gasteiger partial charge is 0.370 e. The van der Waals surface area contributed by atoms with E-state index in [-0.39, 0.29) is 153 Å². The molecule has 3 saturated heterocycles. The molecule has 0 saturated carbocycles. The van der Waals surface area contributed by atoms with Gasteiger partial charge in [0.05, 0.1) is 16.6 Å². The van der Waals surface area contributed by atoms with Gasteiger partial charge in [0.25, 0.3) is 0 Å². The van der Waals surface area contributed by atoms with Crippen molar-refractivity contribution in [2.24, 2.45) is 79.2 Å². The molecule has 6 rings (SSSR count). The number of carbonyl (C=O) groups is 15. The predicted molar refractivity (Wildman–Crippen MR) is 506 cm³/mol. The van der Waals surface area contributed by atoms with Gasteiger partial charge in [0, 0.05) is 101 Å². The summed E-state index contributed by atoms with van der Waals surface area (Å²) in [6, 6.07) is 21.2. The minimum absolute atomic E-state index is 0.0704. The summed E-state index contributed by atoms with van der Waals surface area (Å²) in [6.07, 6.45) is 10.9. The topological polar surface area (TPSA) is 580 Å². The van der Waals surface area contributed by atoms with Crippen LogP contribution in [0.2, 0.25) is 0 Å². The van der Waals surface area contributed by atoms with Crippen LogP contribution in [0.1, 0.15) is 278 Å². The molecule has 0 bridgehead atoms. The van der Waals surface area contributed by atoms with Crippen molar-refractivity contribution in [2.75, 3.05) is 46.3 Å². The fraction of sp³-hybridized carbons (Fsp3) is 0.621. The van der Waals surface area contributed by atoms with Gasteiger partial charge in [-0.25, -0.2) is 0 Å². The van der Waals surface area contributed by atoms with Gasteiger partial charge in [-0.3, -0.25) is 86.9 Å². The van der Waals surface area contributed by atoms with Gasteiger partial charge in [0.1, 0.15) is 36.3 Å². The molecule has 0 aliphatic carbocycles. The molecule has 0 spiro atoms. The van der Waals surface area contributed by atoms with E-state index in [4.69, 9.17) is 28.7 Å². The summed E-state index contributed by atoms with van der Waals surface area (Å²) in [4.78, 5) is 212. The third kappa shape index (κ3) is 39.4. The van der Waals surface area contributed by atoms with Crippen LogP contribution in [0.5, 0.6) is 0 Å². The van der Waals surface area contributed by atoms with E-state index in [0.29, 0.717) is 113 Å². The number of hydrogen-bond donors (Lipinski definition) is 18. The van der Waals surface area contributed by atoms with Crippen LogP contribution >= 0.6 is 0 Å². The van der Waals surface area contributed by atoms with Crippen molar-refractivity contribution in [1.29, 1.82) is 0 Å². The van der Waals surface area contributed by atoms with Crippen molar-refractivity contribution in [3.63, 3.8) is 0 Å². The first-order valence-corrected chi connectivity index (χ1v) is 46.6. The molecule has 3 fully saturated rings. The van der Waals surface area contributed by atoms with Crippen molar-refractivity contribution in [2.45, 2.75) is 296 Å². The van der Waals surface area contributed by atoms with Crippen LogP contribution < -0.4 is 97.8 Å². The van der Waals surface area contributed by atoms with Crippen LogP contribution in [0, 0.1) is 35.5 Å². The molecule has 12 amide bonds. The van der Waals surface area contributed by atoms with Gasteiger partial charge >= 0.3 is 0 Å². The highest BCUT2D eigenvalue weighted by Crippen LogP contribution is 2.30. The quantitative estimate of drug-likeness (QED) is 0.0302. The Morgan fingerprint density at radius 3 is 0.908 bits per heavy atom. The van der Waals surface area contributed by atoms with Gasteiger partial charge in [-0.1, -0.05) is 192 Å². The third-order valence-electron chi connectivity index (χ3n) is 23.7. The second-order valence-electron chi connectivity index (χ2n) is 35.6. The number of nitrogens with zero attached hydrogens (tertiary/aromatic N) is 3. The molecular formula is C95H151N21O15. The minimum Gasteiger partial charge on any atom is -0.370 e. The molecular weight excluding hydrogens is 1680 g/mol. The van der Waals surface area contributed by atoms with Crippen LogP contribution in [0.25, 0.3) is 0 Å². The van der Waals surface area contributed by atoms with Gasteiger partial charge in [-0.2, -0.15) is 0 Å². The Kier molecular flexibility index (Phi) is 49.4. The smallest absolute Gasteiger partial charge is 0.247 e. The van der Waals surface area contributed by atoms with Crippen LogP contribution in [0.3, 0.4) is 0 Å². The first kappa shape index (κ1) is 111. The molecule has 3 aromatic carbocycles. The van der Waals surface area contributed by atoms with Crippen molar-refractivity contribution >= 4 is 106 Å².